The van der Waals surface area contributed by atoms with Gasteiger partial charge >= 0.3 is 6.18 Å². The van der Waals surface area contributed by atoms with E-state index in [0.29, 0.717) is 12.8 Å². The number of thiocarbonyl (C=S) groups is 1. The van der Waals surface area contributed by atoms with Crippen molar-refractivity contribution in [2.75, 3.05) is 0 Å². The summed E-state index contributed by atoms with van der Waals surface area (Å²) in [5.41, 5.74) is 4.69. The molecule has 0 heterocycles. The van der Waals surface area contributed by atoms with E-state index >= 15 is 0 Å². The number of ether oxygens (including phenoxy) is 1. The molecule has 0 bridgehead atoms. The minimum absolute atomic E-state index is 0.0698. The lowest BCUT2D eigenvalue weighted by Crippen LogP contribution is -2.18. The smallest absolute Gasteiger partial charge is 0.419 e. The highest BCUT2D eigenvalue weighted by Gasteiger charge is 2.35. The standard InChI is InChI=1S/C13H16F3NOS/c1-3-9(4-2)18-11-6-5-8(12(17)19)7-10(11)13(14,15)16/h5-7,9H,3-4H2,1-2H3,(H2,17,19). The van der Waals surface area contributed by atoms with Gasteiger partial charge in [0.25, 0.3) is 0 Å². The molecule has 0 saturated carbocycles. The highest BCUT2D eigenvalue weighted by atomic mass is 32.1. The first kappa shape index (κ1) is 15.8. The van der Waals surface area contributed by atoms with E-state index in [2.05, 4.69) is 0 Å². The zero-order valence-corrected chi connectivity index (χ0v) is 11.6. The van der Waals surface area contributed by atoms with Crippen molar-refractivity contribution in [2.45, 2.75) is 39.0 Å². The number of alkyl halides is 3. The molecule has 0 aliphatic heterocycles. The fourth-order valence-corrected chi connectivity index (χ4v) is 1.77. The monoisotopic (exact) mass is 291 g/mol. The van der Waals surface area contributed by atoms with E-state index in [1.54, 1.807) is 0 Å². The van der Waals surface area contributed by atoms with E-state index in [1.807, 2.05) is 13.8 Å². The van der Waals surface area contributed by atoms with Gasteiger partial charge in [-0.15, -0.1) is 0 Å². The van der Waals surface area contributed by atoms with Crippen molar-refractivity contribution in [1.82, 2.24) is 0 Å². The van der Waals surface area contributed by atoms with E-state index in [0.717, 1.165) is 6.07 Å². The van der Waals surface area contributed by atoms with Gasteiger partial charge in [-0.1, -0.05) is 26.1 Å². The summed E-state index contributed by atoms with van der Waals surface area (Å²) < 4.78 is 44.4. The van der Waals surface area contributed by atoms with Crippen LogP contribution in [-0.2, 0) is 6.18 Å². The van der Waals surface area contributed by atoms with Crippen molar-refractivity contribution in [3.8, 4) is 5.75 Å². The Kier molecular flexibility index (Phi) is 5.17. The van der Waals surface area contributed by atoms with Crippen LogP contribution in [0.5, 0.6) is 5.75 Å². The van der Waals surface area contributed by atoms with E-state index in [4.69, 9.17) is 22.7 Å². The normalized spacial score (nSPS) is 11.7. The molecule has 0 fully saturated rings. The molecule has 0 aromatic heterocycles. The van der Waals surface area contributed by atoms with Crippen molar-refractivity contribution < 1.29 is 17.9 Å². The Labute approximate surface area is 115 Å². The average Bonchev–Trinajstić information content (AvgIpc) is 2.34. The SMILES string of the molecule is CCC(CC)Oc1ccc(C(N)=S)cc1C(F)(F)F. The van der Waals surface area contributed by atoms with Gasteiger partial charge in [0.05, 0.1) is 11.7 Å². The Hall–Kier alpha value is -1.30. The topological polar surface area (TPSA) is 35.2 Å². The van der Waals surface area contributed by atoms with Gasteiger partial charge < -0.3 is 10.5 Å². The molecule has 0 amide bonds. The third kappa shape index (κ3) is 4.09. The molecule has 2 nitrogen and oxygen atoms in total. The van der Waals surface area contributed by atoms with Gasteiger partial charge in [0.2, 0.25) is 0 Å². The van der Waals surface area contributed by atoms with Gasteiger partial charge in [-0.05, 0) is 31.0 Å². The summed E-state index contributed by atoms with van der Waals surface area (Å²) in [6, 6.07) is 3.64. The lowest BCUT2D eigenvalue weighted by atomic mass is 10.1. The maximum Gasteiger partial charge on any atom is 0.419 e. The first-order valence-electron chi connectivity index (χ1n) is 5.97. The number of nitrogens with two attached hydrogens (primary N) is 1. The van der Waals surface area contributed by atoms with Crippen LogP contribution in [0.1, 0.15) is 37.8 Å². The fourth-order valence-electron chi connectivity index (χ4n) is 1.64. The Bertz CT molecular complexity index is 456. The van der Waals surface area contributed by atoms with Crippen LogP contribution in [0, 0.1) is 0 Å². The van der Waals surface area contributed by atoms with Crippen LogP contribution in [0.4, 0.5) is 13.2 Å². The molecular formula is C13H16F3NOS. The summed E-state index contributed by atoms with van der Waals surface area (Å²) in [6.45, 7) is 3.73. The number of hydrogen-bond donors (Lipinski definition) is 1. The van der Waals surface area contributed by atoms with E-state index < -0.39 is 11.7 Å². The maximum absolute atomic E-state index is 13.0. The molecule has 0 aliphatic carbocycles. The van der Waals surface area contributed by atoms with Crippen molar-refractivity contribution in [1.29, 1.82) is 0 Å². The van der Waals surface area contributed by atoms with Crippen LogP contribution in [-0.4, -0.2) is 11.1 Å². The van der Waals surface area contributed by atoms with E-state index in [9.17, 15) is 13.2 Å². The zero-order chi connectivity index (χ0) is 14.6. The van der Waals surface area contributed by atoms with Crippen LogP contribution >= 0.6 is 12.2 Å². The molecule has 2 N–H and O–H groups in total. The minimum atomic E-state index is -4.50. The van der Waals surface area contributed by atoms with Crippen molar-refractivity contribution >= 4 is 17.2 Å². The summed E-state index contributed by atoms with van der Waals surface area (Å²) in [7, 11) is 0. The van der Waals surface area contributed by atoms with Gasteiger partial charge in [-0.3, -0.25) is 0 Å². The van der Waals surface area contributed by atoms with Gasteiger partial charge in [0, 0.05) is 5.56 Å². The second-order valence-corrected chi connectivity index (χ2v) is 4.57. The third-order valence-corrected chi connectivity index (χ3v) is 3.01. The molecule has 0 aliphatic rings. The molecule has 1 aromatic carbocycles. The predicted octanol–water partition coefficient (Wildman–Crippen LogP) is 3.91. The highest BCUT2D eigenvalue weighted by Crippen LogP contribution is 2.37. The van der Waals surface area contributed by atoms with Crippen LogP contribution in [0.25, 0.3) is 0 Å². The molecule has 19 heavy (non-hydrogen) atoms. The van der Waals surface area contributed by atoms with Gasteiger partial charge in [-0.25, -0.2) is 0 Å². The summed E-state index contributed by atoms with van der Waals surface area (Å²) in [5.74, 6) is -0.179. The minimum Gasteiger partial charge on any atom is -0.490 e. The quantitative estimate of drug-likeness (QED) is 0.835. The van der Waals surface area contributed by atoms with E-state index in [1.165, 1.54) is 12.1 Å². The molecule has 0 spiro atoms. The van der Waals surface area contributed by atoms with Crippen molar-refractivity contribution in [3.63, 3.8) is 0 Å². The maximum atomic E-state index is 13.0. The highest BCUT2D eigenvalue weighted by molar-refractivity contribution is 7.80. The van der Waals surface area contributed by atoms with Crippen LogP contribution < -0.4 is 10.5 Å². The fraction of sp³-hybridized carbons (Fsp3) is 0.462. The van der Waals surface area contributed by atoms with Crippen LogP contribution in [0.15, 0.2) is 18.2 Å². The van der Waals surface area contributed by atoms with E-state index in [-0.39, 0.29) is 22.4 Å². The molecule has 0 saturated heterocycles. The molecule has 1 aromatic rings. The molecule has 106 valence electrons. The van der Waals surface area contributed by atoms with Crippen molar-refractivity contribution in [3.05, 3.63) is 29.3 Å². The first-order chi connectivity index (χ1) is 8.79. The molecule has 0 atom stereocenters. The third-order valence-electron chi connectivity index (χ3n) is 2.77. The predicted molar refractivity (Wildman–Crippen MR) is 72.3 cm³/mol. The number of hydrogen-bond acceptors (Lipinski definition) is 2. The van der Waals surface area contributed by atoms with Crippen LogP contribution in [0.2, 0.25) is 0 Å². The Balaban J connectivity index is 3.20. The lowest BCUT2D eigenvalue weighted by molar-refractivity contribution is -0.139. The number of benzene rings is 1. The molecular weight excluding hydrogens is 275 g/mol. The summed E-state index contributed by atoms with van der Waals surface area (Å²) in [5, 5.41) is 0. The lowest BCUT2D eigenvalue weighted by Gasteiger charge is -2.20. The summed E-state index contributed by atoms with van der Waals surface area (Å²) in [4.78, 5) is -0.0698. The molecule has 0 unspecified atom stereocenters. The van der Waals surface area contributed by atoms with Gasteiger partial charge in [0.15, 0.2) is 0 Å². The first-order valence-corrected chi connectivity index (χ1v) is 6.38. The molecule has 0 radical (unpaired) electrons. The zero-order valence-electron chi connectivity index (χ0n) is 10.8. The van der Waals surface area contributed by atoms with Crippen LogP contribution in [0.3, 0.4) is 0 Å². The summed E-state index contributed by atoms with van der Waals surface area (Å²) >= 11 is 4.69. The second-order valence-electron chi connectivity index (χ2n) is 4.13. The van der Waals surface area contributed by atoms with Gasteiger partial charge in [0.1, 0.15) is 10.7 Å². The average molecular weight is 291 g/mol. The molecule has 1 rings (SSSR count). The Morgan fingerprint density at radius 3 is 2.32 bits per heavy atom. The number of rotatable bonds is 5. The second kappa shape index (κ2) is 6.23. The molecule has 6 heteroatoms. The van der Waals surface area contributed by atoms with Crippen molar-refractivity contribution in [2.24, 2.45) is 5.73 Å². The largest absolute Gasteiger partial charge is 0.490 e. The Morgan fingerprint density at radius 2 is 1.89 bits per heavy atom. The summed E-state index contributed by atoms with van der Waals surface area (Å²) in [6.07, 6.45) is -3.45. The number of halogens is 3. The Morgan fingerprint density at radius 1 is 1.32 bits per heavy atom. The van der Waals surface area contributed by atoms with Gasteiger partial charge in [-0.2, -0.15) is 13.2 Å².